The van der Waals surface area contributed by atoms with Gasteiger partial charge in [-0.15, -0.1) is 0 Å². The number of carbonyl (C=O) groups excluding carboxylic acids is 2. The van der Waals surface area contributed by atoms with Crippen LogP contribution < -0.4 is 14.9 Å². The van der Waals surface area contributed by atoms with E-state index in [1.807, 2.05) is 31.1 Å². The SMILES string of the molecule is CN(C)c1ccc2c3c(cccc13)C(=O)N(c1ccc(S(N)(=O)=O)cc1)C2=O. The summed E-state index contributed by atoms with van der Waals surface area (Å²) in [5, 5.41) is 6.56. The van der Waals surface area contributed by atoms with E-state index in [1.54, 1.807) is 18.2 Å². The van der Waals surface area contributed by atoms with E-state index in [9.17, 15) is 18.0 Å². The molecule has 0 fully saturated rings. The van der Waals surface area contributed by atoms with Crippen molar-refractivity contribution in [2.24, 2.45) is 5.14 Å². The largest absolute Gasteiger partial charge is 0.377 e. The van der Waals surface area contributed by atoms with Crippen molar-refractivity contribution in [2.45, 2.75) is 4.90 Å². The molecule has 0 unspecified atom stereocenters. The lowest BCUT2D eigenvalue weighted by molar-refractivity contribution is 0.0893. The number of hydrogen-bond acceptors (Lipinski definition) is 5. The van der Waals surface area contributed by atoms with Gasteiger partial charge in [-0.1, -0.05) is 12.1 Å². The topological polar surface area (TPSA) is 101 Å². The van der Waals surface area contributed by atoms with E-state index in [0.29, 0.717) is 16.5 Å². The van der Waals surface area contributed by atoms with Crippen LogP contribution in [0.5, 0.6) is 0 Å². The lowest BCUT2D eigenvalue weighted by atomic mass is 9.92. The maximum atomic E-state index is 13.1. The van der Waals surface area contributed by atoms with Gasteiger partial charge < -0.3 is 4.90 Å². The monoisotopic (exact) mass is 395 g/mol. The number of amides is 2. The van der Waals surface area contributed by atoms with Crippen molar-refractivity contribution in [3.8, 4) is 0 Å². The molecule has 0 bridgehead atoms. The minimum Gasteiger partial charge on any atom is -0.377 e. The number of imide groups is 1. The molecule has 1 aliphatic heterocycles. The van der Waals surface area contributed by atoms with Gasteiger partial charge in [0, 0.05) is 41.7 Å². The minimum absolute atomic E-state index is 0.0914. The third-order valence-electron chi connectivity index (χ3n) is 4.79. The number of carbonyl (C=O) groups is 2. The molecule has 0 radical (unpaired) electrons. The van der Waals surface area contributed by atoms with Gasteiger partial charge in [-0.2, -0.15) is 0 Å². The smallest absolute Gasteiger partial charge is 0.265 e. The summed E-state index contributed by atoms with van der Waals surface area (Å²) in [4.78, 5) is 29.1. The molecule has 3 aromatic rings. The fourth-order valence-corrected chi connectivity index (χ4v) is 4.01. The predicted molar refractivity (Wildman–Crippen MR) is 107 cm³/mol. The minimum atomic E-state index is -3.86. The molecule has 142 valence electrons. The molecule has 7 nitrogen and oxygen atoms in total. The number of primary sulfonamides is 1. The Labute approximate surface area is 162 Å². The summed E-state index contributed by atoms with van der Waals surface area (Å²) in [6, 6.07) is 14.3. The standard InChI is InChI=1S/C20H17N3O4S/c1-22(2)17-11-10-16-18-14(17)4-3-5-15(18)19(24)23(20(16)25)12-6-8-13(9-7-12)28(21,26)27/h3-11H,1-2H3,(H2,21,26,27). The van der Waals surface area contributed by atoms with E-state index in [0.717, 1.165) is 16.0 Å². The van der Waals surface area contributed by atoms with Gasteiger partial charge in [0.1, 0.15) is 0 Å². The van der Waals surface area contributed by atoms with Crippen molar-refractivity contribution >= 4 is 44.0 Å². The van der Waals surface area contributed by atoms with Gasteiger partial charge in [0.25, 0.3) is 11.8 Å². The van der Waals surface area contributed by atoms with Crippen molar-refractivity contribution in [3.63, 3.8) is 0 Å². The molecule has 2 amide bonds. The Morgan fingerprint density at radius 2 is 1.46 bits per heavy atom. The summed E-state index contributed by atoms with van der Waals surface area (Å²) in [7, 11) is -0.0670. The fraction of sp³-hybridized carbons (Fsp3) is 0.100. The molecule has 4 rings (SSSR count). The van der Waals surface area contributed by atoms with E-state index >= 15 is 0 Å². The van der Waals surface area contributed by atoms with Crippen LogP contribution in [0.3, 0.4) is 0 Å². The Balaban J connectivity index is 1.89. The first kappa shape index (κ1) is 18.1. The van der Waals surface area contributed by atoms with E-state index in [2.05, 4.69) is 0 Å². The van der Waals surface area contributed by atoms with Crippen molar-refractivity contribution in [1.82, 2.24) is 0 Å². The van der Waals surface area contributed by atoms with Crippen LogP contribution in [0.25, 0.3) is 10.8 Å². The van der Waals surface area contributed by atoms with Crippen LogP contribution in [-0.2, 0) is 10.0 Å². The predicted octanol–water partition coefficient (Wildman–Crippen LogP) is 2.35. The zero-order valence-electron chi connectivity index (χ0n) is 15.2. The molecule has 1 heterocycles. The normalized spacial score (nSPS) is 13.9. The summed E-state index contributed by atoms with van der Waals surface area (Å²) >= 11 is 0. The average Bonchev–Trinajstić information content (AvgIpc) is 2.65. The fourth-order valence-electron chi connectivity index (χ4n) is 3.49. The molecule has 8 heteroatoms. The maximum absolute atomic E-state index is 13.1. The second kappa shape index (κ2) is 6.15. The Kier molecular flexibility index (Phi) is 3.99. The van der Waals surface area contributed by atoms with E-state index < -0.39 is 21.8 Å². The number of nitrogens with zero attached hydrogens (tertiary/aromatic N) is 2. The van der Waals surface area contributed by atoms with E-state index in [-0.39, 0.29) is 10.6 Å². The van der Waals surface area contributed by atoms with Crippen molar-refractivity contribution in [2.75, 3.05) is 23.9 Å². The first-order valence-electron chi connectivity index (χ1n) is 8.45. The van der Waals surface area contributed by atoms with Gasteiger partial charge in [-0.25, -0.2) is 18.5 Å². The first-order valence-corrected chi connectivity index (χ1v) is 9.99. The van der Waals surface area contributed by atoms with Crippen molar-refractivity contribution in [1.29, 1.82) is 0 Å². The van der Waals surface area contributed by atoms with E-state index in [1.165, 1.54) is 24.3 Å². The highest BCUT2D eigenvalue weighted by atomic mass is 32.2. The lowest BCUT2D eigenvalue weighted by Crippen LogP contribution is -2.40. The molecular weight excluding hydrogens is 378 g/mol. The molecule has 3 aromatic carbocycles. The van der Waals surface area contributed by atoms with Crippen LogP contribution in [0.2, 0.25) is 0 Å². The Hall–Kier alpha value is -3.23. The highest BCUT2D eigenvalue weighted by Crippen LogP contribution is 2.37. The third kappa shape index (κ3) is 2.65. The molecule has 0 saturated heterocycles. The third-order valence-corrected chi connectivity index (χ3v) is 5.72. The number of benzene rings is 3. The highest BCUT2D eigenvalue weighted by Gasteiger charge is 2.34. The quantitative estimate of drug-likeness (QED) is 0.686. The summed E-state index contributed by atoms with van der Waals surface area (Å²) in [5.41, 5.74) is 2.03. The summed E-state index contributed by atoms with van der Waals surface area (Å²) in [5.74, 6) is -0.912. The van der Waals surface area contributed by atoms with Gasteiger partial charge >= 0.3 is 0 Å². The van der Waals surface area contributed by atoms with Crippen molar-refractivity contribution < 1.29 is 18.0 Å². The number of nitrogens with two attached hydrogens (primary N) is 1. The van der Waals surface area contributed by atoms with E-state index in [4.69, 9.17) is 5.14 Å². The molecular formula is C20H17N3O4S. The molecule has 0 aromatic heterocycles. The van der Waals surface area contributed by atoms with Gasteiger partial charge in [0.2, 0.25) is 10.0 Å². The molecule has 0 atom stereocenters. The van der Waals surface area contributed by atoms with Crippen LogP contribution in [0.1, 0.15) is 20.7 Å². The Bertz CT molecular complexity index is 1230. The first-order chi connectivity index (χ1) is 13.2. The average molecular weight is 395 g/mol. The Morgan fingerprint density at radius 1 is 0.857 bits per heavy atom. The molecule has 0 spiro atoms. The van der Waals surface area contributed by atoms with Gasteiger partial charge in [0.15, 0.2) is 0 Å². The number of anilines is 2. The number of rotatable bonds is 3. The summed E-state index contributed by atoms with van der Waals surface area (Å²) in [6.07, 6.45) is 0. The molecule has 0 saturated carbocycles. The Morgan fingerprint density at radius 3 is 2.04 bits per heavy atom. The molecule has 0 aliphatic carbocycles. The van der Waals surface area contributed by atoms with Crippen LogP contribution in [0.4, 0.5) is 11.4 Å². The second-order valence-corrected chi connectivity index (χ2v) is 8.30. The summed E-state index contributed by atoms with van der Waals surface area (Å²) in [6.45, 7) is 0. The van der Waals surface area contributed by atoms with Crippen LogP contribution in [-0.4, -0.2) is 34.3 Å². The molecule has 1 aliphatic rings. The summed E-state index contributed by atoms with van der Waals surface area (Å²) < 4.78 is 22.9. The maximum Gasteiger partial charge on any atom is 0.265 e. The molecule has 2 N–H and O–H groups in total. The zero-order valence-corrected chi connectivity index (χ0v) is 16.0. The van der Waals surface area contributed by atoms with Gasteiger partial charge in [0.05, 0.1) is 10.6 Å². The van der Waals surface area contributed by atoms with Crippen LogP contribution >= 0.6 is 0 Å². The van der Waals surface area contributed by atoms with Crippen LogP contribution in [0.15, 0.2) is 59.5 Å². The highest BCUT2D eigenvalue weighted by molar-refractivity contribution is 7.89. The zero-order chi connectivity index (χ0) is 20.2. The second-order valence-electron chi connectivity index (χ2n) is 6.74. The van der Waals surface area contributed by atoms with Gasteiger partial charge in [-0.05, 0) is 42.5 Å². The van der Waals surface area contributed by atoms with Crippen LogP contribution in [0, 0.1) is 0 Å². The number of hydrogen-bond donors (Lipinski definition) is 1. The van der Waals surface area contributed by atoms with Gasteiger partial charge in [-0.3, -0.25) is 9.59 Å². The number of sulfonamides is 1. The molecule has 28 heavy (non-hydrogen) atoms. The van der Waals surface area contributed by atoms with Crippen molar-refractivity contribution in [3.05, 3.63) is 65.7 Å². The lowest BCUT2D eigenvalue weighted by Gasteiger charge is -2.28.